The molecule has 2 unspecified atom stereocenters. The minimum atomic E-state index is -2.83. The third kappa shape index (κ3) is 4.26. The molecular weight excluding hydrogens is 384 g/mol. The summed E-state index contributed by atoms with van der Waals surface area (Å²) in [5.74, 6) is 0.714. The molecule has 0 aromatic rings. The van der Waals surface area contributed by atoms with Crippen LogP contribution in [0.5, 0.6) is 0 Å². The van der Waals surface area contributed by atoms with E-state index in [1.54, 1.807) is 0 Å². The third-order valence-electron chi connectivity index (χ3n) is 7.79. The van der Waals surface area contributed by atoms with Crippen LogP contribution in [0.4, 0.5) is 0 Å². The van der Waals surface area contributed by atoms with Crippen molar-refractivity contribution in [3.8, 4) is 0 Å². The van der Waals surface area contributed by atoms with Crippen molar-refractivity contribution >= 4 is 25.4 Å². The average molecular weight is 429 g/mol. The molecule has 0 heterocycles. The molecule has 0 spiro atoms. The molecule has 0 saturated heterocycles. The van der Waals surface area contributed by atoms with Gasteiger partial charge in [-0.05, 0) is 68.4 Å². The van der Waals surface area contributed by atoms with Crippen molar-refractivity contribution in [2.24, 2.45) is 5.92 Å². The molecule has 2 atom stereocenters. The second-order valence-electron chi connectivity index (χ2n) is 8.70. The van der Waals surface area contributed by atoms with Gasteiger partial charge in [-0.25, -0.2) is 0 Å². The smallest absolute Gasteiger partial charge is 0.415 e. The molecule has 2 aliphatic carbocycles. The summed E-state index contributed by atoms with van der Waals surface area (Å²) < 4.78 is 21.6. The molecule has 0 amide bonds. The zero-order valence-electron chi connectivity index (χ0n) is 19.0. The van der Waals surface area contributed by atoms with Gasteiger partial charge in [0.25, 0.3) is 0 Å². The number of hydrogen-bond donors (Lipinski definition) is 0. The van der Waals surface area contributed by atoms with Gasteiger partial charge in [0, 0.05) is 6.61 Å². The Morgan fingerprint density at radius 3 is 1.56 bits per heavy atom. The fraction of sp³-hybridized carbons (Fsp3) is 0.905. The molecule has 1 saturated carbocycles. The van der Waals surface area contributed by atoms with Gasteiger partial charge in [0.15, 0.2) is 16.6 Å². The molecule has 2 bridgehead atoms. The van der Waals surface area contributed by atoms with Gasteiger partial charge in [-0.1, -0.05) is 53.7 Å². The first-order valence-corrected chi connectivity index (χ1v) is 18.4. The predicted molar refractivity (Wildman–Crippen MR) is 123 cm³/mol. The van der Waals surface area contributed by atoms with Crippen LogP contribution >= 0.6 is 0 Å². The molecule has 0 N–H and O–H groups in total. The topological polar surface area (TPSA) is 27.7 Å². The van der Waals surface area contributed by atoms with Crippen molar-refractivity contribution in [3.63, 3.8) is 0 Å². The Morgan fingerprint density at radius 2 is 1.30 bits per heavy atom. The van der Waals surface area contributed by atoms with E-state index in [4.69, 9.17) is 12.7 Å². The summed E-state index contributed by atoms with van der Waals surface area (Å²) in [5.41, 5.74) is 0. The number of hydrogen-bond acceptors (Lipinski definition) is 3. The lowest BCUT2D eigenvalue weighted by Crippen LogP contribution is -2.65. The fourth-order valence-electron chi connectivity index (χ4n) is 5.25. The summed E-state index contributed by atoms with van der Waals surface area (Å²) in [6.45, 7) is 16.8. The molecule has 2 rings (SSSR count). The summed E-state index contributed by atoms with van der Waals surface area (Å²) in [6.07, 6.45) is 8.59. The van der Waals surface area contributed by atoms with Gasteiger partial charge in [0.1, 0.15) is 0 Å². The van der Waals surface area contributed by atoms with E-state index >= 15 is 0 Å². The summed E-state index contributed by atoms with van der Waals surface area (Å²) in [7, 11) is -6.51. The lowest BCUT2D eigenvalue weighted by atomic mass is 10.1. The maximum atomic E-state index is 7.40. The van der Waals surface area contributed by atoms with Crippen LogP contribution in [0.1, 0.15) is 67.7 Å². The molecule has 2 aliphatic rings. The Kier molecular flexibility index (Phi) is 8.19. The number of fused-ring (bicyclic) bond motifs is 2. The molecule has 0 aromatic heterocycles. The molecular formula is C21H44O3Si3. The summed E-state index contributed by atoms with van der Waals surface area (Å²) in [5, 5.41) is 0.0448. The maximum absolute atomic E-state index is 7.40. The van der Waals surface area contributed by atoms with Crippen molar-refractivity contribution in [1.82, 2.24) is 0 Å². The van der Waals surface area contributed by atoms with E-state index in [0.717, 1.165) is 36.3 Å². The Morgan fingerprint density at radius 1 is 0.815 bits per heavy atom. The quantitative estimate of drug-likeness (QED) is 0.231. The Hall–Kier alpha value is 0.271. The molecule has 158 valence electrons. The second kappa shape index (κ2) is 9.39. The molecule has 0 aromatic carbocycles. The lowest BCUT2D eigenvalue weighted by Gasteiger charge is -2.50. The molecule has 3 nitrogen and oxygen atoms in total. The monoisotopic (exact) mass is 428 g/mol. The van der Waals surface area contributed by atoms with E-state index in [1.165, 1.54) is 19.3 Å². The van der Waals surface area contributed by atoms with Crippen molar-refractivity contribution in [1.29, 1.82) is 0 Å². The Bertz CT molecular complexity index is 464. The highest BCUT2D eigenvalue weighted by Gasteiger charge is 2.67. The first kappa shape index (κ1) is 23.5. The van der Waals surface area contributed by atoms with Crippen LogP contribution in [0.3, 0.4) is 0 Å². The lowest BCUT2D eigenvalue weighted by molar-refractivity contribution is 0.138. The van der Waals surface area contributed by atoms with E-state index in [9.17, 15) is 0 Å². The number of allylic oxidation sites excluding steroid dienone is 2. The fourth-order valence-corrected chi connectivity index (χ4v) is 20.8. The van der Waals surface area contributed by atoms with E-state index in [0.29, 0.717) is 12.5 Å². The highest BCUT2D eigenvalue weighted by atomic mass is 28.5. The highest BCUT2D eigenvalue weighted by molar-refractivity contribution is 6.89. The zero-order valence-corrected chi connectivity index (χ0v) is 22.0. The average Bonchev–Trinajstić information content (AvgIpc) is 3.34. The van der Waals surface area contributed by atoms with Crippen molar-refractivity contribution in [2.45, 2.75) is 109 Å². The molecule has 6 heteroatoms. The zero-order chi connectivity index (χ0) is 20.2. The van der Waals surface area contributed by atoms with Gasteiger partial charge in [-0.15, -0.1) is 0 Å². The highest BCUT2D eigenvalue weighted by Crippen LogP contribution is 2.62. The van der Waals surface area contributed by atoms with Gasteiger partial charge >= 0.3 is 8.80 Å². The van der Waals surface area contributed by atoms with Crippen LogP contribution in [0, 0.1) is 5.92 Å². The van der Waals surface area contributed by atoms with Crippen molar-refractivity contribution < 1.29 is 12.7 Å². The van der Waals surface area contributed by atoms with E-state index in [2.05, 4.69) is 60.6 Å². The number of rotatable bonds is 13. The van der Waals surface area contributed by atoms with E-state index in [1.807, 2.05) is 0 Å². The van der Waals surface area contributed by atoms with Crippen LogP contribution in [0.25, 0.3) is 0 Å². The van der Waals surface area contributed by atoms with E-state index in [-0.39, 0.29) is 5.04 Å². The maximum Gasteiger partial charge on any atom is 0.490 e. The van der Waals surface area contributed by atoms with Gasteiger partial charge in [0.05, 0.1) is 5.04 Å². The van der Waals surface area contributed by atoms with Crippen LogP contribution in [0.15, 0.2) is 12.2 Å². The van der Waals surface area contributed by atoms with E-state index < -0.39 is 25.4 Å². The Balaban J connectivity index is 2.55. The summed E-state index contributed by atoms with van der Waals surface area (Å²) >= 11 is 0. The molecule has 27 heavy (non-hydrogen) atoms. The van der Waals surface area contributed by atoms with Crippen molar-refractivity contribution in [2.75, 3.05) is 6.61 Å². The molecule has 0 radical (unpaired) electrons. The van der Waals surface area contributed by atoms with Gasteiger partial charge < -0.3 is 12.7 Å². The normalized spacial score (nSPS) is 25.5. The summed E-state index contributed by atoms with van der Waals surface area (Å²) in [4.78, 5) is 0. The Labute approximate surface area is 171 Å². The van der Waals surface area contributed by atoms with Crippen LogP contribution in [0.2, 0.25) is 41.3 Å². The first-order valence-electron chi connectivity index (χ1n) is 11.6. The minimum Gasteiger partial charge on any atom is -0.415 e. The molecule has 1 fully saturated rings. The SMILES string of the molecule is CCO[Si](O[Si](CC)(CC)CC)(O[Si](CC)(CC)CC)C12C=CC(CC1)C2. The first-order chi connectivity index (χ1) is 12.9. The van der Waals surface area contributed by atoms with Crippen LogP contribution in [-0.4, -0.2) is 32.0 Å². The minimum absolute atomic E-state index is 0.0448. The standard InChI is InChI=1S/C21H44O3Si3/c1-8-22-27(23-25(9-2,10-3)11-4,24-26(12-5,13-6)14-7)21-17-15-20(19-21)16-18-21/h15,17,20H,8-14,16,18-19H2,1-7H3. The predicted octanol–water partition coefficient (Wildman–Crippen LogP) is 7.12. The molecule has 0 aliphatic heterocycles. The summed E-state index contributed by atoms with van der Waals surface area (Å²) in [6, 6.07) is 6.96. The largest absolute Gasteiger partial charge is 0.490 e. The van der Waals surface area contributed by atoms with Crippen molar-refractivity contribution in [3.05, 3.63) is 12.2 Å². The second-order valence-corrected chi connectivity index (χ2v) is 21.7. The van der Waals surface area contributed by atoms with Gasteiger partial charge in [0.2, 0.25) is 0 Å². The van der Waals surface area contributed by atoms with Gasteiger partial charge in [-0.2, -0.15) is 0 Å². The van der Waals surface area contributed by atoms with Crippen LogP contribution < -0.4 is 0 Å². The van der Waals surface area contributed by atoms with Crippen LogP contribution in [-0.2, 0) is 12.7 Å². The third-order valence-corrected chi connectivity index (χ3v) is 23.6. The van der Waals surface area contributed by atoms with Gasteiger partial charge in [-0.3, -0.25) is 0 Å².